The number of nitrogens with two attached hydrogens (primary N) is 1. The van der Waals surface area contributed by atoms with E-state index in [2.05, 4.69) is 20.8 Å². The van der Waals surface area contributed by atoms with Crippen molar-refractivity contribution in [3.63, 3.8) is 0 Å². The zero-order valence-electron chi connectivity index (χ0n) is 25.1. The van der Waals surface area contributed by atoms with Gasteiger partial charge in [0.05, 0.1) is 15.8 Å². The number of aryl methyl sites for hydroxylation is 1. The van der Waals surface area contributed by atoms with Crippen molar-refractivity contribution in [2.24, 2.45) is 17.6 Å². The van der Waals surface area contributed by atoms with E-state index in [-0.39, 0.29) is 34.6 Å². The lowest BCUT2D eigenvalue weighted by Crippen LogP contribution is -2.48. The number of benzene rings is 3. The second-order valence-electron chi connectivity index (χ2n) is 11.6. The van der Waals surface area contributed by atoms with Crippen molar-refractivity contribution in [2.45, 2.75) is 50.0 Å². The number of hydrogen-bond donors (Lipinski definition) is 5. The van der Waals surface area contributed by atoms with E-state index in [0.717, 1.165) is 47.9 Å². The summed E-state index contributed by atoms with van der Waals surface area (Å²) in [7, 11) is -2.51. The average Bonchev–Trinajstić information content (AvgIpc) is 3.40. The van der Waals surface area contributed by atoms with E-state index in [0.29, 0.717) is 32.9 Å². The molecule has 0 unspecified atom stereocenters. The van der Waals surface area contributed by atoms with Crippen molar-refractivity contribution in [3.8, 4) is 11.1 Å². The molecule has 13 heteroatoms. The first-order valence-corrected chi connectivity index (χ1v) is 16.6. The van der Waals surface area contributed by atoms with Gasteiger partial charge in [-0.25, -0.2) is 8.42 Å². The fourth-order valence-corrected chi connectivity index (χ4v) is 6.92. The highest BCUT2D eigenvalue weighted by Crippen LogP contribution is 2.30. The Labute approximate surface area is 266 Å². The number of H-pyrrole nitrogens is 2. The van der Waals surface area contributed by atoms with Crippen molar-refractivity contribution < 1.29 is 18.0 Å². The fraction of sp³-hybridized carbons (Fsp3) is 0.344. The lowest BCUT2D eigenvalue weighted by Gasteiger charge is -2.28. The molecular formula is C32H37ClN6O5S. The van der Waals surface area contributed by atoms with E-state index in [9.17, 15) is 22.8 Å². The zero-order chi connectivity index (χ0) is 32.3. The molecule has 45 heavy (non-hydrogen) atoms. The third-order valence-corrected chi connectivity index (χ3v) is 10.6. The Balaban J connectivity index is 1.35. The predicted octanol–water partition coefficient (Wildman–Crippen LogP) is 4.04. The maximum absolute atomic E-state index is 13.6. The molecule has 1 aromatic heterocycles. The highest BCUT2D eigenvalue weighted by Gasteiger charge is 2.29. The summed E-state index contributed by atoms with van der Waals surface area (Å²) in [6.45, 7) is 2.44. The summed E-state index contributed by atoms with van der Waals surface area (Å²) < 4.78 is 25.5. The largest absolute Gasteiger partial charge is 0.344 e. The number of anilines is 1. The monoisotopic (exact) mass is 652 g/mol. The molecule has 0 aliphatic heterocycles. The molecule has 3 aromatic carbocycles. The Bertz CT molecular complexity index is 1860. The van der Waals surface area contributed by atoms with Gasteiger partial charge in [-0.05, 0) is 109 Å². The number of rotatable bonds is 10. The van der Waals surface area contributed by atoms with Crippen molar-refractivity contribution in [1.82, 2.24) is 19.3 Å². The topological polar surface area (TPSA) is 170 Å². The maximum atomic E-state index is 13.6. The lowest BCUT2D eigenvalue weighted by molar-refractivity contribution is -0.130. The number of hydrogen-bond acceptors (Lipinski definition) is 6. The van der Waals surface area contributed by atoms with Gasteiger partial charge in [0.1, 0.15) is 6.04 Å². The second kappa shape index (κ2) is 13.6. The normalized spacial score (nSPS) is 17.7. The third kappa shape index (κ3) is 7.30. The predicted molar refractivity (Wildman–Crippen MR) is 175 cm³/mol. The van der Waals surface area contributed by atoms with Gasteiger partial charge in [-0.1, -0.05) is 30.3 Å². The van der Waals surface area contributed by atoms with E-state index in [1.807, 2.05) is 31.2 Å². The van der Waals surface area contributed by atoms with Gasteiger partial charge in [-0.2, -0.15) is 0 Å². The van der Waals surface area contributed by atoms with E-state index in [1.165, 1.54) is 13.1 Å². The molecule has 1 heterocycles. The van der Waals surface area contributed by atoms with Gasteiger partial charge < -0.3 is 16.4 Å². The van der Waals surface area contributed by atoms with Crippen LogP contribution >= 0.6 is 11.8 Å². The van der Waals surface area contributed by atoms with Crippen molar-refractivity contribution >= 4 is 50.2 Å². The molecule has 1 saturated carbocycles. The number of aromatic amines is 2. The van der Waals surface area contributed by atoms with Gasteiger partial charge in [0, 0.05) is 25.1 Å². The van der Waals surface area contributed by atoms with E-state index < -0.39 is 16.1 Å². The van der Waals surface area contributed by atoms with Crippen LogP contribution < -0.4 is 21.9 Å². The Morgan fingerprint density at radius 3 is 2.38 bits per heavy atom. The first-order valence-electron chi connectivity index (χ1n) is 14.8. The summed E-state index contributed by atoms with van der Waals surface area (Å²) in [6, 6.07) is 16.5. The Hall–Kier alpha value is -3.97. The summed E-state index contributed by atoms with van der Waals surface area (Å²) in [5.41, 5.74) is 9.94. The van der Waals surface area contributed by atoms with Crippen LogP contribution in [0.25, 0.3) is 22.0 Å². The van der Waals surface area contributed by atoms with Gasteiger partial charge in [0.2, 0.25) is 11.8 Å². The molecule has 2 amide bonds. The first kappa shape index (κ1) is 32.4. The number of fused-ring (bicyclic) bond motifs is 1. The van der Waals surface area contributed by atoms with Crippen LogP contribution in [0.3, 0.4) is 0 Å². The summed E-state index contributed by atoms with van der Waals surface area (Å²) in [6.07, 6.45) is 3.48. The number of aromatic nitrogens is 2. The highest BCUT2D eigenvalue weighted by atomic mass is 35.5. The van der Waals surface area contributed by atoms with Crippen LogP contribution in [0, 0.1) is 18.8 Å². The van der Waals surface area contributed by atoms with Crippen molar-refractivity contribution in [3.05, 3.63) is 82.1 Å². The minimum Gasteiger partial charge on any atom is -0.344 e. The SMILES string of the molecule is Cc1cc(S(=O)(=O)N(C)Cl)ccc1-c1ccc(C[C@H](NC(=O)C2CCC(CN)CC2)C(=O)Nc2ccc3c(=O)[nH][nH]c3c2)cc1. The molecule has 5 rings (SSSR count). The second-order valence-corrected chi connectivity index (χ2v) is 14.3. The molecule has 1 atom stereocenters. The lowest BCUT2D eigenvalue weighted by atomic mass is 9.81. The molecule has 6 N–H and O–H groups in total. The van der Waals surface area contributed by atoms with Gasteiger partial charge >= 0.3 is 0 Å². The van der Waals surface area contributed by atoms with Crippen LogP contribution in [-0.2, 0) is 26.0 Å². The molecular weight excluding hydrogens is 616 g/mol. The molecule has 4 aromatic rings. The summed E-state index contributed by atoms with van der Waals surface area (Å²) >= 11 is 5.72. The van der Waals surface area contributed by atoms with Crippen LogP contribution in [0.2, 0.25) is 0 Å². The number of halogens is 1. The first-order chi connectivity index (χ1) is 21.5. The number of amides is 2. The third-order valence-electron chi connectivity index (χ3n) is 8.56. The van der Waals surface area contributed by atoms with E-state index in [4.69, 9.17) is 17.5 Å². The molecule has 238 valence electrons. The standard InChI is InChI=1S/C32H37ClN6O5S/c1-19-15-25(45(43,44)39(2)33)12-14-26(19)22-7-3-20(4-8-22)16-29(36-30(40)23-9-5-21(18-34)6-10-23)32(42)35-24-11-13-27-28(17-24)37-38-31(27)41/h3-4,7-8,11-15,17,21,23,29H,5-6,9-10,16,18,34H2,1-2H3,(H,35,42)(H,36,40)(H2,37,38,41)/t21?,23?,29-/m0/s1. The minimum absolute atomic E-state index is 0.0981. The molecule has 0 bridgehead atoms. The Morgan fingerprint density at radius 2 is 1.73 bits per heavy atom. The van der Waals surface area contributed by atoms with Crippen LogP contribution in [0.15, 0.2) is 70.4 Å². The number of carbonyl (C=O) groups is 2. The van der Waals surface area contributed by atoms with Crippen LogP contribution in [0.5, 0.6) is 0 Å². The van der Waals surface area contributed by atoms with Crippen LogP contribution in [-0.4, -0.2) is 53.9 Å². The van der Waals surface area contributed by atoms with Gasteiger partial charge in [-0.3, -0.25) is 24.6 Å². The smallest absolute Gasteiger partial charge is 0.271 e. The molecule has 1 aliphatic carbocycles. The van der Waals surface area contributed by atoms with Gasteiger partial charge in [0.25, 0.3) is 15.6 Å². The van der Waals surface area contributed by atoms with E-state index in [1.54, 1.807) is 30.3 Å². The zero-order valence-corrected chi connectivity index (χ0v) is 26.7. The maximum Gasteiger partial charge on any atom is 0.271 e. The van der Waals surface area contributed by atoms with Crippen molar-refractivity contribution in [1.29, 1.82) is 0 Å². The van der Waals surface area contributed by atoms with Gasteiger partial charge in [-0.15, -0.1) is 3.82 Å². The Kier molecular flexibility index (Phi) is 9.78. The Morgan fingerprint density at radius 1 is 1.02 bits per heavy atom. The van der Waals surface area contributed by atoms with Gasteiger partial charge in [0.15, 0.2) is 0 Å². The number of nitrogens with zero attached hydrogens (tertiary/aromatic N) is 1. The average molecular weight is 653 g/mol. The quantitative estimate of drug-likeness (QED) is 0.162. The highest BCUT2D eigenvalue weighted by molar-refractivity contribution is 7.90. The van der Waals surface area contributed by atoms with E-state index >= 15 is 0 Å². The van der Waals surface area contributed by atoms with Crippen LogP contribution in [0.4, 0.5) is 5.69 Å². The van der Waals surface area contributed by atoms with Crippen molar-refractivity contribution in [2.75, 3.05) is 18.9 Å². The summed E-state index contributed by atoms with van der Waals surface area (Å²) in [4.78, 5) is 38.9. The summed E-state index contributed by atoms with van der Waals surface area (Å²) in [5, 5.41) is 11.7. The molecule has 0 spiro atoms. The molecule has 1 fully saturated rings. The molecule has 0 radical (unpaired) electrons. The molecule has 1 aliphatic rings. The summed E-state index contributed by atoms with van der Waals surface area (Å²) in [5.74, 6) is -0.286. The minimum atomic E-state index is -3.78. The number of sulfonamides is 1. The van der Waals surface area contributed by atoms with Crippen LogP contribution in [0.1, 0.15) is 36.8 Å². The number of carbonyl (C=O) groups excluding carboxylic acids is 2. The fourth-order valence-electron chi connectivity index (χ4n) is 5.83. The number of nitrogens with one attached hydrogen (secondary N) is 4. The molecule has 0 saturated heterocycles. The molecule has 11 nitrogen and oxygen atoms in total.